The third kappa shape index (κ3) is 6.18. The van der Waals surface area contributed by atoms with Gasteiger partial charge in [-0.15, -0.1) is 0 Å². The second kappa shape index (κ2) is 8.30. The van der Waals surface area contributed by atoms with E-state index in [1.165, 1.54) is 5.56 Å². The van der Waals surface area contributed by atoms with Gasteiger partial charge in [0.2, 0.25) is 5.91 Å². The number of hydrogen-bond donors (Lipinski definition) is 2. The monoisotopic (exact) mass is 328 g/mol. The van der Waals surface area contributed by atoms with Gasteiger partial charge in [0.15, 0.2) is 0 Å². The number of carbonyl (C=O) groups excluding carboxylic acids is 1. The minimum absolute atomic E-state index is 0.0577. The quantitative estimate of drug-likeness (QED) is 0.803. The molecule has 0 radical (unpaired) electrons. The maximum absolute atomic E-state index is 11.8. The van der Waals surface area contributed by atoms with Gasteiger partial charge in [0.05, 0.1) is 6.04 Å². The number of benzene rings is 1. The predicted molar refractivity (Wildman–Crippen MR) is 79.9 cm³/mol. The maximum Gasteiger partial charge on any atom is 0.237 e. The number of methoxy groups -OCH3 is 1. The van der Waals surface area contributed by atoms with Gasteiger partial charge in [0, 0.05) is 24.2 Å². The van der Waals surface area contributed by atoms with E-state index in [1.807, 2.05) is 31.2 Å². The van der Waals surface area contributed by atoms with Gasteiger partial charge in [-0.1, -0.05) is 28.1 Å². The van der Waals surface area contributed by atoms with Crippen LogP contribution in [0.15, 0.2) is 28.7 Å². The van der Waals surface area contributed by atoms with Crippen molar-refractivity contribution in [3.8, 4) is 0 Å². The van der Waals surface area contributed by atoms with Crippen LogP contribution in [0.3, 0.4) is 0 Å². The highest BCUT2D eigenvalue weighted by Crippen LogP contribution is 2.11. The van der Waals surface area contributed by atoms with Crippen LogP contribution in [0, 0.1) is 0 Å². The van der Waals surface area contributed by atoms with E-state index in [1.54, 1.807) is 7.11 Å². The minimum atomic E-state index is -0.507. The molecule has 2 atom stereocenters. The molecule has 0 saturated heterocycles. The summed E-state index contributed by atoms with van der Waals surface area (Å²) in [6.07, 6.45) is 1.32. The lowest BCUT2D eigenvalue weighted by atomic mass is 10.1. The number of hydrogen-bond acceptors (Lipinski definition) is 3. The van der Waals surface area contributed by atoms with Crippen molar-refractivity contribution in [1.29, 1.82) is 0 Å². The molecule has 0 aliphatic rings. The average molecular weight is 329 g/mol. The molecule has 0 aliphatic carbocycles. The van der Waals surface area contributed by atoms with E-state index in [2.05, 4.69) is 21.2 Å². The largest absolute Gasteiger partial charge is 0.385 e. The first-order valence-corrected chi connectivity index (χ1v) is 7.11. The van der Waals surface area contributed by atoms with Crippen LogP contribution < -0.4 is 11.1 Å². The number of nitrogens with one attached hydrogen (secondary N) is 1. The van der Waals surface area contributed by atoms with E-state index < -0.39 is 6.04 Å². The van der Waals surface area contributed by atoms with E-state index in [0.29, 0.717) is 13.0 Å². The first-order valence-electron chi connectivity index (χ1n) is 6.32. The molecule has 19 heavy (non-hydrogen) atoms. The van der Waals surface area contributed by atoms with E-state index in [0.717, 1.165) is 10.9 Å². The summed E-state index contributed by atoms with van der Waals surface area (Å²) in [7, 11) is 1.60. The van der Waals surface area contributed by atoms with Crippen LogP contribution in [0.2, 0.25) is 0 Å². The van der Waals surface area contributed by atoms with Crippen molar-refractivity contribution in [3.63, 3.8) is 0 Å². The van der Waals surface area contributed by atoms with Crippen molar-refractivity contribution >= 4 is 21.8 Å². The third-order valence-electron chi connectivity index (χ3n) is 2.81. The SMILES string of the molecule is COCCC(N)C(=O)NC(C)Cc1ccc(Br)cc1. The summed E-state index contributed by atoms with van der Waals surface area (Å²) in [4.78, 5) is 11.8. The standard InChI is InChI=1S/C14H21BrN2O2/c1-10(9-11-3-5-12(15)6-4-11)17-14(18)13(16)7-8-19-2/h3-6,10,13H,7-9,16H2,1-2H3,(H,17,18). The van der Waals surface area contributed by atoms with Crippen molar-refractivity contribution in [3.05, 3.63) is 34.3 Å². The summed E-state index contributed by atoms with van der Waals surface area (Å²) >= 11 is 3.40. The number of carbonyl (C=O) groups is 1. The van der Waals surface area contributed by atoms with Gasteiger partial charge in [0.1, 0.15) is 0 Å². The zero-order valence-corrected chi connectivity index (χ0v) is 12.9. The Labute approximate surface area is 122 Å². The summed E-state index contributed by atoms with van der Waals surface area (Å²) in [5, 5.41) is 2.92. The normalized spacial score (nSPS) is 13.9. The first-order chi connectivity index (χ1) is 9.02. The number of halogens is 1. The Balaban J connectivity index is 2.39. The molecule has 0 fully saturated rings. The molecular formula is C14H21BrN2O2. The van der Waals surface area contributed by atoms with E-state index >= 15 is 0 Å². The molecular weight excluding hydrogens is 308 g/mol. The molecule has 3 N–H and O–H groups in total. The summed E-state index contributed by atoms with van der Waals surface area (Å²) < 4.78 is 5.96. The summed E-state index contributed by atoms with van der Waals surface area (Å²) in [5.74, 6) is -0.123. The molecule has 2 unspecified atom stereocenters. The van der Waals surface area contributed by atoms with Crippen molar-refractivity contribution < 1.29 is 9.53 Å². The highest BCUT2D eigenvalue weighted by atomic mass is 79.9. The van der Waals surface area contributed by atoms with Crippen LogP contribution in [0.1, 0.15) is 18.9 Å². The Morgan fingerprint density at radius 1 is 1.42 bits per heavy atom. The lowest BCUT2D eigenvalue weighted by Gasteiger charge is -2.17. The second-order valence-electron chi connectivity index (χ2n) is 4.63. The zero-order chi connectivity index (χ0) is 14.3. The Kier molecular flexibility index (Phi) is 7.05. The number of rotatable bonds is 7. The van der Waals surface area contributed by atoms with Gasteiger partial charge >= 0.3 is 0 Å². The van der Waals surface area contributed by atoms with Gasteiger partial charge in [-0.05, 0) is 37.5 Å². The lowest BCUT2D eigenvalue weighted by Crippen LogP contribution is -2.45. The number of nitrogens with two attached hydrogens (primary N) is 1. The Bertz CT molecular complexity index is 395. The van der Waals surface area contributed by atoms with Crippen LogP contribution in [-0.2, 0) is 16.0 Å². The maximum atomic E-state index is 11.8. The summed E-state index contributed by atoms with van der Waals surface area (Å²) in [5.41, 5.74) is 6.95. The van der Waals surface area contributed by atoms with Gasteiger partial charge in [0.25, 0.3) is 0 Å². The molecule has 1 amide bonds. The van der Waals surface area contributed by atoms with E-state index in [-0.39, 0.29) is 11.9 Å². The fourth-order valence-electron chi connectivity index (χ4n) is 1.75. The van der Waals surface area contributed by atoms with Crippen molar-refractivity contribution in [2.45, 2.75) is 31.8 Å². The molecule has 0 aliphatic heterocycles. The average Bonchev–Trinajstić information content (AvgIpc) is 2.38. The molecule has 106 valence electrons. The predicted octanol–water partition coefficient (Wildman–Crippen LogP) is 1.86. The fraction of sp³-hybridized carbons (Fsp3) is 0.500. The molecule has 5 heteroatoms. The van der Waals surface area contributed by atoms with Crippen molar-refractivity contribution in [2.24, 2.45) is 5.73 Å². The van der Waals surface area contributed by atoms with Crippen LogP contribution in [0.5, 0.6) is 0 Å². The van der Waals surface area contributed by atoms with Gasteiger partial charge in [-0.2, -0.15) is 0 Å². The van der Waals surface area contributed by atoms with E-state index in [9.17, 15) is 4.79 Å². The smallest absolute Gasteiger partial charge is 0.237 e. The minimum Gasteiger partial charge on any atom is -0.385 e. The lowest BCUT2D eigenvalue weighted by molar-refractivity contribution is -0.123. The molecule has 0 heterocycles. The summed E-state index contributed by atoms with van der Waals surface area (Å²) in [6, 6.07) is 7.62. The van der Waals surface area contributed by atoms with Crippen molar-refractivity contribution in [1.82, 2.24) is 5.32 Å². The number of amides is 1. The number of ether oxygens (including phenoxy) is 1. The Morgan fingerprint density at radius 2 is 2.05 bits per heavy atom. The van der Waals surface area contributed by atoms with Gasteiger partial charge in [-0.25, -0.2) is 0 Å². The van der Waals surface area contributed by atoms with Crippen LogP contribution in [-0.4, -0.2) is 31.7 Å². The topological polar surface area (TPSA) is 64.3 Å². The van der Waals surface area contributed by atoms with E-state index in [4.69, 9.17) is 10.5 Å². The Morgan fingerprint density at radius 3 is 2.63 bits per heavy atom. The first kappa shape index (κ1) is 16.1. The second-order valence-corrected chi connectivity index (χ2v) is 5.54. The molecule has 1 aromatic rings. The van der Waals surface area contributed by atoms with Gasteiger partial charge < -0.3 is 15.8 Å². The Hall–Kier alpha value is -0.910. The van der Waals surface area contributed by atoms with Crippen LogP contribution >= 0.6 is 15.9 Å². The van der Waals surface area contributed by atoms with Crippen molar-refractivity contribution in [2.75, 3.05) is 13.7 Å². The highest BCUT2D eigenvalue weighted by Gasteiger charge is 2.15. The third-order valence-corrected chi connectivity index (χ3v) is 3.34. The summed E-state index contributed by atoms with van der Waals surface area (Å²) in [6.45, 7) is 2.47. The van der Waals surface area contributed by atoms with Crippen LogP contribution in [0.25, 0.3) is 0 Å². The molecule has 4 nitrogen and oxygen atoms in total. The molecule has 0 bridgehead atoms. The highest BCUT2D eigenvalue weighted by molar-refractivity contribution is 9.10. The molecule has 0 saturated carbocycles. The fourth-order valence-corrected chi connectivity index (χ4v) is 2.02. The molecule has 1 aromatic carbocycles. The van der Waals surface area contributed by atoms with Crippen LogP contribution in [0.4, 0.5) is 0 Å². The molecule has 0 spiro atoms. The zero-order valence-electron chi connectivity index (χ0n) is 11.4. The molecule has 1 rings (SSSR count). The molecule has 0 aromatic heterocycles. The van der Waals surface area contributed by atoms with Gasteiger partial charge in [-0.3, -0.25) is 4.79 Å².